The molecule has 2 aromatic heterocycles. The lowest BCUT2D eigenvalue weighted by Gasteiger charge is -2.12. The summed E-state index contributed by atoms with van der Waals surface area (Å²) in [6, 6.07) is 3.65. The van der Waals surface area contributed by atoms with Crippen LogP contribution >= 0.6 is 0 Å². The van der Waals surface area contributed by atoms with Gasteiger partial charge in [0, 0.05) is 18.3 Å². The summed E-state index contributed by atoms with van der Waals surface area (Å²) in [5, 5.41) is 9.75. The molecule has 0 atom stereocenters. The topological polar surface area (TPSA) is 71.3 Å². The third-order valence-electron chi connectivity index (χ3n) is 3.19. The number of rotatable bonds is 2. The minimum atomic E-state index is -0.182. The second-order valence-corrected chi connectivity index (χ2v) is 4.53. The second kappa shape index (κ2) is 4.64. The largest absolute Gasteiger partial charge is 0.335 e. The van der Waals surface area contributed by atoms with Crippen molar-refractivity contribution in [3.8, 4) is 0 Å². The molecule has 1 saturated carbocycles. The first-order chi connectivity index (χ1) is 8.81. The summed E-state index contributed by atoms with van der Waals surface area (Å²) in [6.45, 7) is 0. The molecule has 0 saturated heterocycles. The van der Waals surface area contributed by atoms with Crippen molar-refractivity contribution in [3.05, 3.63) is 24.5 Å². The number of nitrogens with zero attached hydrogens (tertiary/aromatic N) is 3. The van der Waals surface area contributed by atoms with Gasteiger partial charge in [-0.1, -0.05) is 12.8 Å². The van der Waals surface area contributed by atoms with E-state index < -0.39 is 0 Å². The van der Waals surface area contributed by atoms with Crippen molar-refractivity contribution in [2.75, 3.05) is 5.32 Å². The molecule has 18 heavy (non-hydrogen) atoms. The fourth-order valence-electron chi connectivity index (χ4n) is 2.29. The van der Waals surface area contributed by atoms with Crippen LogP contribution in [-0.2, 0) is 0 Å². The van der Waals surface area contributed by atoms with Gasteiger partial charge in [0.2, 0.25) is 0 Å². The van der Waals surface area contributed by atoms with E-state index >= 15 is 0 Å². The first kappa shape index (κ1) is 11.0. The zero-order valence-electron chi connectivity index (χ0n) is 9.97. The number of hydrogen-bond donors (Lipinski definition) is 2. The predicted molar refractivity (Wildman–Crippen MR) is 67.4 cm³/mol. The zero-order chi connectivity index (χ0) is 12.4. The maximum atomic E-state index is 11.8. The molecule has 6 heteroatoms. The Morgan fingerprint density at radius 2 is 2.17 bits per heavy atom. The van der Waals surface area contributed by atoms with Crippen LogP contribution < -0.4 is 10.6 Å². The number of aromatic nitrogens is 3. The van der Waals surface area contributed by atoms with Gasteiger partial charge in [0.05, 0.1) is 6.20 Å². The van der Waals surface area contributed by atoms with Crippen molar-refractivity contribution in [2.24, 2.45) is 0 Å². The third kappa shape index (κ3) is 2.27. The number of carbonyl (C=O) groups is 1. The van der Waals surface area contributed by atoms with Gasteiger partial charge in [-0.05, 0) is 18.9 Å². The molecule has 1 aliphatic carbocycles. The van der Waals surface area contributed by atoms with Crippen LogP contribution in [-0.4, -0.2) is 26.7 Å². The van der Waals surface area contributed by atoms with Crippen LogP contribution in [0.5, 0.6) is 0 Å². The molecular weight excluding hydrogens is 230 g/mol. The Hall–Kier alpha value is -2.11. The number of amides is 2. The summed E-state index contributed by atoms with van der Waals surface area (Å²) in [7, 11) is 0. The number of hydrogen-bond acceptors (Lipinski definition) is 3. The fraction of sp³-hybridized carbons (Fsp3) is 0.417. The first-order valence-corrected chi connectivity index (χ1v) is 6.19. The highest BCUT2D eigenvalue weighted by molar-refractivity contribution is 5.88. The molecule has 1 fully saturated rings. The molecule has 0 radical (unpaired) electrons. The lowest BCUT2D eigenvalue weighted by molar-refractivity contribution is 0.248. The second-order valence-electron chi connectivity index (χ2n) is 4.53. The standard InChI is InChI=1S/C12H15N5O/c18-12(14-9-3-1-2-4-9)16-10-6-8-17-11(15-10)5-7-13-17/h5-9H,1-4H2,(H2,14,15,16,18). The molecule has 0 aliphatic heterocycles. The van der Waals surface area contributed by atoms with Crippen LogP contribution in [0.15, 0.2) is 24.5 Å². The van der Waals surface area contributed by atoms with Gasteiger partial charge in [0.25, 0.3) is 0 Å². The van der Waals surface area contributed by atoms with Crippen LogP contribution in [0, 0.1) is 0 Å². The van der Waals surface area contributed by atoms with Crippen LogP contribution in [0.1, 0.15) is 25.7 Å². The molecule has 0 unspecified atom stereocenters. The number of urea groups is 1. The highest BCUT2D eigenvalue weighted by atomic mass is 16.2. The van der Waals surface area contributed by atoms with Crippen molar-refractivity contribution in [2.45, 2.75) is 31.7 Å². The van der Waals surface area contributed by atoms with Crippen LogP contribution in [0.25, 0.3) is 5.65 Å². The van der Waals surface area contributed by atoms with Crippen LogP contribution in [0.4, 0.5) is 10.6 Å². The average Bonchev–Trinajstić information content (AvgIpc) is 2.98. The predicted octanol–water partition coefficient (Wildman–Crippen LogP) is 1.79. The average molecular weight is 245 g/mol. The maximum absolute atomic E-state index is 11.8. The fourth-order valence-corrected chi connectivity index (χ4v) is 2.29. The SMILES string of the molecule is O=C(Nc1ccn2nccc2n1)NC1CCCC1. The monoisotopic (exact) mass is 245 g/mol. The van der Waals surface area contributed by atoms with Gasteiger partial charge in [-0.15, -0.1) is 0 Å². The van der Waals surface area contributed by atoms with Gasteiger partial charge in [-0.25, -0.2) is 14.3 Å². The van der Waals surface area contributed by atoms with E-state index in [-0.39, 0.29) is 6.03 Å². The van der Waals surface area contributed by atoms with E-state index in [1.807, 2.05) is 0 Å². The number of nitrogens with one attached hydrogen (secondary N) is 2. The molecule has 2 amide bonds. The Morgan fingerprint density at radius 1 is 1.33 bits per heavy atom. The Balaban J connectivity index is 1.65. The summed E-state index contributed by atoms with van der Waals surface area (Å²) in [5.74, 6) is 0.540. The molecular formula is C12H15N5O. The highest BCUT2D eigenvalue weighted by Gasteiger charge is 2.17. The third-order valence-corrected chi connectivity index (χ3v) is 3.19. The van der Waals surface area contributed by atoms with Crippen LogP contribution in [0.3, 0.4) is 0 Å². The Kier molecular flexibility index (Phi) is 2.84. The molecule has 2 N–H and O–H groups in total. The summed E-state index contributed by atoms with van der Waals surface area (Å²) < 4.78 is 1.65. The van der Waals surface area contributed by atoms with E-state index in [0.717, 1.165) is 12.8 Å². The highest BCUT2D eigenvalue weighted by Crippen LogP contribution is 2.17. The molecule has 94 valence electrons. The summed E-state index contributed by atoms with van der Waals surface area (Å²) in [4.78, 5) is 16.0. The van der Waals surface area contributed by atoms with Crippen molar-refractivity contribution in [3.63, 3.8) is 0 Å². The van der Waals surface area contributed by atoms with Crippen LogP contribution in [0.2, 0.25) is 0 Å². The Labute approximate surface area is 104 Å². The molecule has 1 aliphatic rings. The van der Waals surface area contributed by atoms with Gasteiger partial charge >= 0.3 is 6.03 Å². The van der Waals surface area contributed by atoms with Gasteiger partial charge in [0.15, 0.2) is 5.65 Å². The van der Waals surface area contributed by atoms with E-state index in [1.165, 1.54) is 12.8 Å². The van der Waals surface area contributed by atoms with Gasteiger partial charge < -0.3 is 5.32 Å². The van der Waals surface area contributed by atoms with E-state index in [2.05, 4.69) is 20.7 Å². The Bertz CT molecular complexity index is 558. The van der Waals surface area contributed by atoms with E-state index in [9.17, 15) is 4.79 Å². The first-order valence-electron chi connectivity index (χ1n) is 6.19. The molecule has 0 aromatic carbocycles. The normalized spacial score (nSPS) is 16.0. The van der Waals surface area contributed by atoms with Gasteiger partial charge in [-0.2, -0.15) is 5.10 Å². The zero-order valence-corrected chi connectivity index (χ0v) is 9.97. The van der Waals surface area contributed by atoms with Crippen molar-refractivity contribution < 1.29 is 4.79 Å². The van der Waals surface area contributed by atoms with Crippen molar-refractivity contribution >= 4 is 17.5 Å². The summed E-state index contributed by atoms with van der Waals surface area (Å²) in [5.41, 5.74) is 0.716. The van der Waals surface area contributed by atoms with Crippen molar-refractivity contribution in [1.29, 1.82) is 0 Å². The molecule has 6 nitrogen and oxygen atoms in total. The molecule has 0 spiro atoms. The molecule has 2 heterocycles. The lowest BCUT2D eigenvalue weighted by Crippen LogP contribution is -2.36. The number of fused-ring (bicyclic) bond motifs is 1. The molecule has 2 aromatic rings. The minimum Gasteiger partial charge on any atom is -0.335 e. The quantitative estimate of drug-likeness (QED) is 0.847. The van der Waals surface area contributed by atoms with E-state index in [4.69, 9.17) is 0 Å². The minimum absolute atomic E-state index is 0.182. The van der Waals surface area contributed by atoms with E-state index in [1.54, 1.807) is 29.0 Å². The van der Waals surface area contributed by atoms with Gasteiger partial charge in [0.1, 0.15) is 5.82 Å². The molecule has 3 rings (SSSR count). The summed E-state index contributed by atoms with van der Waals surface area (Å²) >= 11 is 0. The lowest BCUT2D eigenvalue weighted by atomic mass is 10.2. The maximum Gasteiger partial charge on any atom is 0.320 e. The summed E-state index contributed by atoms with van der Waals surface area (Å²) in [6.07, 6.45) is 7.99. The van der Waals surface area contributed by atoms with E-state index in [0.29, 0.717) is 17.5 Å². The smallest absolute Gasteiger partial charge is 0.320 e. The Morgan fingerprint density at radius 3 is 3.00 bits per heavy atom. The van der Waals surface area contributed by atoms with Gasteiger partial charge in [-0.3, -0.25) is 5.32 Å². The molecule has 0 bridgehead atoms. The number of carbonyl (C=O) groups excluding carboxylic acids is 1. The van der Waals surface area contributed by atoms with Crippen molar-refractivity contribution in [1.82, 2.24) is 19.9 Å². The number of anilines is 1.